The number of hydrogen-bond donors (Lipinski definition) is 1. The van der Waals surface area contributed by atoms with Crippen LogP contribution in [-0.2, 0) is 0 Å². The first-order valence-corrected chi connectivity index (χ1v) is 8.10. The van der Waals surface area contributed by atoms with E-state index in [0.717, 1.165) is 17.4 Å². The van der Waals surface area contributed by atoms with Crippen molar-refractivity contribution in [1.29, 1.82) is 0 Å². The first-order chi connectivity index (χ1) is 9.06. The topological polar surface area (TPSA) is 29.1 Å². The minimum absolute atomic E-state index is 0.0512. The maximum Gasteiger partial charge on any atom is 0.251 e. The lowest BCUT2D eigenvalue weighted by Gasteiger charge is -2.26. The molecule has 1 aliphatic rings. The maximum absolute atomic E-state index is 12.2. The Hall–Kier alpha value is -0.830. The molecule has 1 N–H and O–H groups in total. The van der Waals surface area contributed by atoms with Gasteiger partial charge in [-0.25, -0.2) is 0 Å². The van der Waals surface area contributed by atoms with E-state index in [1.54, 1.807) is 0 Å². The van der Waals surface area contributed by atoms with Crippen molar-refractivity contribution >= 4 is 21.8 Å². The van der Waals surface area contributed by atoms with Gasteiger partial charge in [0.15, 0.2) is 0 Å². The van der Waals surface area contributed by atoms with Crippen molar-refractivity contribution in [3.05, 3.63) is 34.9 Å². The number of benzene rings is 1. The summed E-state index contributed by atoms with van der Waals surface area (Å²) in [6, 6.07) is 5.90. The van der Waals surface area contributed by atoms with Crippen LogP contribution >= 0.6 is 15.9 Å². The molecule has 0 heterocycles. The van der Waals surface area contributed by atoms with Gasteiger partial charge in [-0.15, -0.1) is 0 Å². The molecule has 0 unspecified atom stereocenters. The van der Waals surface area contributed by atoms with Crippen molar-refractivity contribution < 1.29 is 4.79 Å². The van der Waals surface area contributed by atoms with Crippen LogP contribution in [0.5, 0.6) is 0 Å². The number of nitrogens with one attached hydrogen (secondary N) is 1. The minimum Gasteiger partial charge on any atom is -0.351 e. The van der Waals surface area contributed by atoms with Gasteiger partial charge >= 0.3 is 0 Å². The summed E-state index contributed by atoms with van der Waals surface area (Å²) in [5, 5.41) is 4.09. The van der Waals surface area contributed by atoms with E-state index in [1.807, 2.05) is 25.1 Å². The number of carbonyl (C=O) groups is 1. The fraction of sp³-hybridized carbons (Fsp3) is 0.562. The molecule has 0 radical (unpaired) electrons. The predicted molar refractivity (Wildman–Crippen MR) is 82.9 cm³/mol. The molecule has 0 atom stereocenters. The zero-order valence-electron chi connectivity index (χ0n) is 11.8. The Morgan fingerprint density at radius 2 is 1.95 bits per heavy atom. The van der Waals surface area contributed by atoms with E-state index < -0.39 is 0 Å². The van der Waals surface area contributed by atoms with Crippen molar-refractivity contribution in [2.45, 2.75) is 39.5 Å². The number of amides is 1. The fourth-order valence-electron chi connectivity index (χ4n) is 2.74. The maximum atomic E-state index is 12.2. The van der Waals surface area contributed by atoms with Gasteiger partial charge in [0.25, 0.3) is 5.91 Å². The van der Waals surface area contributed by atoms with E-state index in [1.165, 1.54) is 36.8 Å². The van der Waals surface area contributed by atoms with E-state index in [9.17, 15) is 4.79 Å². The highest BCUT2D eigenvalue weighted by molar-refractivity contribution is 9.09. The summed E-state index contributed by atoms with van der Waals surface area (Å²) in [4.78, 5) is 12.2. The molecule has 0 aliphatic heterocycles. The highest BCUT2D eigenvalue weighted by atomic mass is 79.9. The summed E-state index contributed by atoms with van der Waals surface area (Å²) in [5.41, 5.74) is 3.44. The lowest BCUT2D eigenvalue weighted by Crippen LogP contribution is -2.37. The van der Waals surface area contributed by atoms with Crippen LogP contribution in [0.25, 0.3) is 0 Å². The van der Waals surface area contributed by atoms with E-state index >= 15 is 0 Å². The summed E-state index contributed by atoms with van der Waals surface area (Å²) in [6.45, 7) is 4.89. The second kappa shape index (κ2) is 6.08. The SMILES string of the molecule is Cc1ccc(C(=O)NCC2(CBr)CCCC2)cc1C. The molecule has 1 amide bonds. The van der Waals surface area contributed by atoms with Gasteiger partial charge in [0.2, 0.25) is 0 Å². The van der Waals surface area contributed by atoms with E-state index in [4.69, 9.17) is 0 Å². The van der Waals surface area contributed by atoms with Crippen LogP contribution in [0.3, 0.4) is 0 Å². The van der Waals surface area contributed by atoms with Gasteiger partial charge in [-0.2, -0.15) is 0 Å². The third kappa shape index (κ3) is 3.38. The highest BCUT2D eigenvalue weighted by Gasteiger charge is 2.33. The molecule has 0 saturated heterocycles. The molecule has 1 aromatic carbocycles. The monoisotopic (exact) mass is 323 g/mol. The molecular formula is C16H22BrNO. The van der Waals surface area contributed by atoms with Crippen molar-refractivity contribution in [2.75, 3.05) is 11.9 Å². The van der Waals surface area contributed by atoms with Crippen molar-refractivity contribution in [2.24, 2.45) is 5.41 Å². The predicted octanol–water partition coefficient (Wildman–Crippen LogP) is 3.99. The first kappa shape index (κ1) is 14.6. The average molecular weight is 324 g/mol. The van der Waals surface area contributed by atoms with Gasteiger partial charge in [-0.05, 0) is 55.4 Å². The Kier molecular flexibility index (Phi) is 4.67. The van der Waals surface area contributed by atoms with Crippen LogP contribution in [-0.4, -0.2) is 17.8 Å². The Bertz CT molecular complexity index is 464. The molecular weight excluding hydrogens is 302 g/mol. The molecule has 1 fully saturated rings. The summed E-state index contributed by atoms with van der Waals surface area (Å²) in [5.74, 6) is 0.0512. The summed E-state index contributed by atoms with van der Waals surface area (Å²) in [6.07, 6.45) is 4.99. The number of alkyl halides is 1. The number of rotatable bonds is 4. The van der Waals surface area contributed by atoms with Gasteiger partial charge in [-0.1, -0.05) is 34.8 Å². The van der Waals surface area contributed by atoms with E-state index in [-0.39, 0.29) is 11.3 Å². The standard InChI is InChI=1S/C16H22BrNO/c1-12-5-6-14(9-13(12)2)15(19)18-11-16(10-17)7-3-4-8-16/h5-6,9H,3-4,7-8,10-11H2,1-2H3,(H,18,19). The lowest BCUT2D eigenvalue weighted by molar-refractivity contribution is 0.0935. The largest absolute Gasteiger partial charge is 0.351 e. The molecule has 19 heavy (non-hydrogen) atoms. The third-order valence-corrected chi connectivity index (χ3v) is 5.53. The summed E-state index contributed by atoms with van der Waals surface area (Å²) in [7, 11) is 0. The molecule has 1 aliphatic carbocycles. The Morgan fingerprint density at radius 1 is 1.26 bits per heavy atom. The molecule has 2 nitrogen and oxygen atoms in total. The van der Waals surface area contributed by atoms with Crippen molar-refractivity contribution in [3.63, 3.8) is 0 Å². The molecule has 0 spiro atoms. The number of aryl methyl sites for hydroxylation is 2. The van der Waals surface area contributed by atoms with E-state index in [2.05, 4.69) is 28.2 Å². The second-order valence-corrected chi connectivity index (χ2v) is 6.38. The molecule has 1 saturated carbocycles. The van der Waals surface area contributed by atoms with Crippen molar-refractivity contribution in [3.8, 4) is 0 Å². The quantitative estimate of drug-likeness (QED) is 0.834. The van der Waals surface area contributed by atoms with E-state index in [0.29, 0.717) is 0 Å². The van der Waals surface area contributed by atoms with Gasteiger partial charge in [0.1, 0.15) is 0 Å². The second-order valence-electron chi connectivity index (χ2n) is 5.82. The van der Waals surface area contributed by atoms with Crippen LogP contribution in [0.4, 0.5) is 0 Å². The summed E-state index contributed by atoms with van der Waals surface area (Å²) >= 11 is 3.61. The van der Waals surface area contributed by atoms with Crippen LogP contribution in [0, 0.1) is 19.3 Å². The van der Waals surface area contributed by atoms with Gasteiger partial charge in [0, 0.05) is 17.4 Å². The summed E-state index contributed by atoms with van der Waals surface area (Å²) < 4.78 is 0. The first-order valence-electron chi connectivity index (χ1n) is 6.98. The van der Waals surface area contributed by atoms with Gasteiger partial charge in [0.05, 0.1) is 0 Å². The minimum atomic E-state index is 0.0512. The number of halogens is 1. The Balaban J connectivity index is 1.99. The molecule has 104 valence electrons. The average Bonchev–Trinajstić information content (AvgIpc) is 2.89. The van der Waals surface area contributed by atoms with Gasteiger partial charge < -0.3 is 5.32 Å². The number of hydrogen-bond acceptors (Lipinski definition) is 1. The van der Waals surface area contributed by atoms with Crippen LogP contribution in [0.1, 0.15) is 47.2 Å². The molecule has 0 aromatic heterocycles. The number of carbonyl (C=O) groups excluding carboxylic acids is 1. The van der Waals surface area contributed by atoms with Crippen molar-refractivity contribution in [1.82, 2.24) is 5.32 Å². The zero-order valence-corrected chi connectivity index (χ0v) is 13.3. The Morgan fingerprint density at radius 3 is 2.53 bits per heavy atom. The lowest BCUT2D eigenvalue weighted by atomic mass is 9.88. The fourth-order valence-corrected chi connectivity index (χ4v) is 3.49. The zero-order chi connectivity index (χ0) is 13.9. The molecule has 3 heteroatoms. The molecule has 0 bridgehead atoms. The van der Waals surface area contributed by atoms with Crippen LogP contribution in [0.15, 0.2) is 18.2 Å². The third-order valence-electron chi connectivity index (χ3n) is 4.34. The highest BCUT2D eigenvalue weighted by Crippen LogP contribution is 2.38. The Labute approximate surface area is 124 Å². The van der Waals surface area contributed by atoms with Crippen LogP contribution < -0.4 is 5.32 Å². The van der Waals surface area contributed by atoms with Crippen LogP contribution in [0.2, 0.25) is 0 Å². The smallest absolute Gasteiger partial charge is 0.251 e. The molecule has 2 rings (SSSR count). The normalized spacial score (nSPS) is 17.4. The van der Waals surface area contributed by atoms with Gasteiger partial charge in [-0.3, -0.25) is 4.79 Å². The molecule has 1 aromatic rings.